The fourth-order valence-corrected chi connectivity index (χ4v) is 2.81. The molecule has 24 heavy (non-hydrogen) atoms. The van der Waals surface area contributed by atoms with Crippen LogP contribution in [0.4, 0.5) is 5.69 Å². The van der Waals surface area contributed by atoms with Crippen LogP contribution in [-0.4, -0.2) is 12.6 Å². The summed E-state index contributed by atoms with van der Waals surface area (Å²) in [7, 11) is 0. The number of fused-ring (bicyclic) bond motifs is 1. The predicted octanol–water partition coefficient (Wildman–Crippen LogP) is 3.68. The van der Waals surface area contributed by atoms with E-state index in [2.05, 4.69) is 29.2 Å². The van der Waals surface area contributed by atoms with Crippen molar-refractivity contribution in [3.05, 3.63) is 70.8 Å². The maximum Gasteiger partial charge on any atom is 0.348 e. The van der Waals surface area contributed by atoms with E-state index in [4.69, 9.17) is 10.00 Å². The van der Waals surface area contributed by atoms with Crippen molar-refractivity contribution < 1.29 is 9.53 Å². The van der Waals surface area contributed by atoms with Crippen molar-refractivity contribution >= 4 is 17.7 Å². The van der Waals surface area contributed by atoms with Gasteiger partial charge >= 0.3 is 5.97 Å². The topological polar surface area (TPSA) is 53.3 Å². The Balaban J connectivity index is 1.75. The molecule has 0 atom stereocenters. The van der Waals surface area contributed by atoms with Crippen LogP contribution >= 0.6 is 0 Å². The number of anilines is 1. The molecule has 2 aromatic carbocycles. The minimum absolute atomic E-state index is 0.0122. The lowest BCUT2D eigenvalue weighted by Gasteiger charge is -2.17. The van der Waals surface area contributed by atoms with Crippen molar-refractivity contribution in [3.63, 3.8) is 0 Å². The van der Waals surface area contributed by atoms with Crippen LogP contribution in [0, 0.1) is 11.3 Å². The maximum absolute atomic E-state index is 11.7. The summed E-state index contributed by atoms with van der Waals surface area (Å²) >= 11 is 0. The number of carbonyl (C=O) groups excluding carboxylic acids is 1. The molecule has 0 saturated heterocycles. The van der Waals surface area contributed by atoms with E-state index in [1.165, 1.54) is 11.1 Å². The molecule has 2 aromatic rings. The van der Waals surface area contributed by atoms with E-state index in [-0.39, 0.29) is 12.2 Å². The summed E-state index contributed by atoms with van der Waals surface area (Å²) in [6.07, 6.45) is 1.56. The molecule has 0 radical (unpaired) electrons. The highest BCUT2D eigenvalue weighted by Gasteiger charge is 2.18. The van der Waals surface area contributed by atoms with Crippen LogP contribution in [0.3, 0.4) is 0 Å². The smallest absolute Gasteiger partial charge is 0.348 e. The summed E-state index contributed by atoms with van der Waals surface area (Å²) in [6.45, 7) is 3.78. The van der Waals surface area contributed by atoms with Crippen molar-refractivity contribution in [3.8, 4) is 6.07 Å². The van der Waals surface area contributed by atoms with Gasteiger partial charge in [0.25, 0.3) is 0 Å². The largest absolute Gasteiger partial charge is 0.462 e. The molecule has 0 saturated carbocycles. The molecule has 4 heteroatoms. The lowest BCUT2D eigenvalue weighted by molar-refractivity contribution is -0.137. The first-order valence-electron chi connectivity index (χ1n) is 7.92. The van der Waals surface area contributed by atoms with Crippen molar-refractivity contribution in [2.45, 2.75) is 20.0 Å². The molecule has 4 nitrogen and oxygen atoms in total. The van der Waals surface area contributed by atoms with Crippen LogP contribution in [0.5, 0.6) is 0 Å². The standard InChI is InChI=1S/C20H18N2O2/c1-2-24-20(23)18(12-21)11-15-7-9-19(10-8-15)22-13-16-5-3-4-6-17(16)14-22/h3-11H,2,13-14H2,1H3/b18-11+. The molecule has 0 spiro atoms. The maximum atomic E-state index is 11.7. The fraction of sp³-hybridized carbons (Fsp3) is 0.200. The first-order valence-corrected chi connectivity index (χ1v) is 7.92. The second-order valence-electron chi connectivity index (χ2n) is 5.61. The zero-order valence-corrected chi connectivity index (χ0v) is 13.5. The first-order chi connectivity index (χ1) is 11.7. The van der Waals surface area contributed by atoms with Gasteiger partial charge in [-0.2, -0.15) is 5.26 Å². The lowest BCUT2D eigenvalue weighted by atomic mass is 10.1. The number of benzene rings is 2. The highest BCUT2D eigenvalue weighted by Crippen LogP contribution is 2.28. The summed E-state index contributed by atoms with van der Waals surface area (Å²) < 4.78 is 4.87. The second-order valence-corrected chi connectivity index (χ2v) is 5.61. The van der Waals surface area contributed by atoms with Crippen LogP contribution in [-0.2, 0) is 22.6 Å². The Morgan fingerprint density at radius 1 is 1.17 bits per heavy atom. The molecule has 0 N–H and O–H groups in total. The number of nitriles is 1. The SMILES string of the molecule is CCOC(=O)/C(C#N)=C/c1ccc(N2Cc3ccccc3C2)cc1. The molecule has 0 fully saturated rings. The van der Waals surface area contributed by atoms with Crippen LogP contribution < -0.4 is 4.90 Å². The van der Waals surface area contributed by atoms with Crippen molar-refractivity contribution in [2.24, 2.45) is 0 Å². The Morgan fingerprint density at radius 3 is 2.33 bits per heavy atom. The Bertz CT molecular complexity index is 791. The monoisotopic (exact) mass is 318 g/mol. The van der Waals surface area contributed by atoms with E-state index in [0.717, 1.165) is 24.3 Å². The molecule has 1 heterocycles. The summed E-state index contributed by atoms with van der Waals surface area (Å²) in [5.41, 5.74) is 4.65. The molecule has 1 aliphatic rings. The highest BCUT2D eigenvalue weighted by atomic mass is 16.5. The number of rotatable bonds is 4. The van der Waals surface area contributed by atoms with E-state index in [9.17, 15) is 4.79 Å². The molecular weight excluding hydrogens is 300 g/mol. The summed E-state index contributed by atoms with van der Waals surface area (Å²) in [4.78, 5) is 14.0. The van der Waals surface area contributed by atoms with Crippen LogP contribution in [0.1, 0.15) is 23.6 Å². The number of carbonyl (C=O) groups is 1. The Morgan fingerprint density at radius 2 is 1.79 bits per heavy atom. The van der Waals surface area contributed by atoms with Crippen LogP contribution in [0.25, 0.3) is 6.08 Å². The molecule has 0 unspecified atom stereocenters. The van der Waals surface area contributed by atoms with E-state index >= 15 is 0 Å². The second kappa shape index (κ2) is 7.01. The molecule has 0 aliphatic carbocycles. The van der Waals surface area contributed by atoms with Gasteiger partial charge in [0, 0.05) is 18.8 Å². The third-order valence-electron chi connectivity index (χ3n) is 4.03. The van der Waals surface area contributed by atoms with E-state index in [0.29, 0.717) is 0 Å². The highest BCUT2D eigenvalue weighted by molar-refractivity contribution is 5.97. The molecule has 0 bridgehead atoms. The zero-order chi connectivity index (χ0) is 16.9. The number of hydrogen-bond acceptors (Lipinski definition) is 4. The summed E-state index contributed by atoms with van der Waals surface area (Å²) in [5, 5.41) is 9.08. The van der Waals surface area contributed by atoms with Gasteiger partial charge in [0.15, 0.2) is 0 Å². The molecule has 0 amide bonds. The lowest BCUT2D eigenvalue weighted by Crippen LogP contribution is -2.14. The third kappa shape index (κ3) is 3.31. The molecule has 3 rings (SSSR count). The Hall–Kier alpha value is -3.06. The van der Waals surface area contributed by atoms with E-state index in [1.807, 2.05) is 30.3 Å². The third-order valence-corrected chi connectivity index (χ3v) is 4.03. The van der Waals surface area contributed by atoms with E-state index < -0.39 is 5.97 Å². The molecular formula is C20H18N2O2. The van der Waals surface area contributed by atoms with Gasteiger partial charge in [0.1, 0.15) is 11.6 Å². The van der Waals surface area contributed by atoms with Gasteiger partial charge in [0.05, 0.1) is 6.61 Å². The molecule has 0 aromatic heterocycles. The van der Waals surface area contributed by atoms with Gasteiger partial charge < -0.3 is 9.64 Å². The first kappa shape index (κ1) is 15.8. The van der Waals surface area contributed by atoms with Gasteiger partial charge in [-0.25, -0.2) is 4.79 Å². The fourth-order valence-electron chi connectivity index (χ4n) is 2.81. The Kier molecular flexibility index (Phi) is 4.62. The van der Waals surface area contributed by atoms with Gasteiger partial charge in [-0.1, -0.05) is 36.4 Å². The minimum Gasteiger partial charge on any atom is -0.462 e. The van der Waals surface area contributed by atoms with Crippen LogP contribution in [0.15, 0.2) is 54.1 Å². The minimum atomic E-state index is -0.584. The van der Waals surface area contributed by atoms with Gasteiger partial charge in [0.2, 0.25) is 0 Å². The number of nitrogens with zero attached hydrogens (tertiary/aromatic N) is 2. The van der Waals surface area contributed by atoms with Gasteiger partial charge in [-0.3, -0.25) is 0 Å². The normalized spacial score (nSPS) is 13.3. The van der Waals surface area contributed by atoms with E-state index in [1.54, 1.807) is 13.0 Å². The van der Waals surface area contributed by atoms with Crippen LogP contribution in [0.2, 0.25) is 0 Å². The average molecular weight is 318 g/mol. The average Bonchev–Trinajstić information content (AvgIpc) is 3.04. The number of esters is 1. The van der Waals surface area contributed by atoms with Gasteiger partial charge in [-0.05, 0) is 41.8 Å². The predicted molar refractivity (Wildman–Crippen MR) is 93.0 cm³/mol. The quantitative estimate of drug-likeness (QED) is 0.490. The van der Waals surface area contributed by atoms with Gasteiger partial charge in [-0.15, -0.1) is 0 Å². The van der Waals surface area contributed by atoms with Crippen molar-refractivity contribution in [1.29, 1.82) is 5.26 Å². The summed E-state index contributed by atoms with van der Waals surface area (Å²) in [6, 6.07) is 18.2. The Labute approximate surface area is 141 Å². The summed E-state index contributed by atoms with van der Waals surface area (Å²) in [5.74, 6) is -0.584. The number of hydrogen-bond donors (Lipinski definition) is 0. The van der Waals surface area contributed by atoms with Crippen molar-refractivity contribution in [2.75, 3.05) is 11.5 Å². The zero-order valence-electron chi connectivity index (χ0n) is 13.5. The number of ether oxygens (including phenoxy) is 1. The molecule has 1 aliphatic heterocycles. The molecule has 120 valence electrons. The van der Waals surface area contributed by atoms with Crippen molar-refractivity contribution in [1.82, 2.24) is 0 Å².